The van der Waals surface area contributed by atoms with Gasteiger partial charge in [-0.2, -0.15) is 0 Å². The van der Waals surface area contributed by atoms with E-state index in [1.165, 1.54) is 29.5 Å². The Kier molecular flexibility index (Phi) is 11.4. The van der Waals surface area contributed by atoms with Gasteiger partial charge in [-0.1, -0.05) is 68.6 Å². The predicted molar refractivity (Wildman–Crippen MR) is 148 cm³/mol. The number of hydrogen-bond donors (Lipinski definition) is 2. The average molecular weight is 573 g/mol. The fourth-order valence-electron chi connectivity index (χ4n) is 2.99. The van der Waals surface area contributed by atoms with E-state index in [2.05, 4.69) is 10.0 Å². The third kappa shape index (κ3) is 7.38. The summed E-state index contributed by atoms with van der Waals surface area (Å²) < 4.78 is 4.09. The minimum Gasteiger partial charge on any atom is -0.307 e. The van der Waals surface area contributed by atoms with Gasteiger partial charge in [0.1, 0.15) is 0 Å². The number of carbonyl (C=O) groups excluding carboxylic acids is 3. The van der Waals surface area contributed by atoms with Gasteiger partial charge in [0, 0.05) is 16.3 Å². The van der Waals surface area contributed by atoms with Crippen LogP contribution in [0.15, 0.2) is 52.7 Å². The molecule has 3 aromatic rings. The molecule has 0 atom stereocenters. The highest BCUT2D eigenvalue weighted by Crippen LogP contribution is 2.34. The molecule has 11 heteroatoms. The van der Waals surface area contributed by atoms with E-state index in [1.807, 2.05) is 27.7 Å². The number of nitrogens with one attached hydrogen (secondary N) is 2. The van der Waals surface area contributed by atoms with Crippen molar-refractivity contribution in [2.75, 3.05) is 10.2 Å². The van der Waals surface area contributed by atoms with Crippen LogP contribution in [0, 0.1) is 0 Å². The number of rotatable bonds is 4. The zero-order chi connectivity index (χ0) is 26.1. The molecule has 0 aliphatic carbocycles. The summed E-state index contributed by atoms with van der Waals surface area (Å²) in [6.07, 6.45) is 0.0565. The van der Waals surface area contributed by atoms with Crippen LogP contribution in [0.3, 0.4) is 0 Å². The smallest absolute Gasteiger partial charge is 0.307 e. The van der Waals surface area contributed by atoms with E-state index in [0.717, 1.165) is 21.1 Å². The van der Waals surface area contributed by atoms with Crippen molar-refractivity contribution in [3.8, 4) is 0 Å². The van der Waals surface area contributed by atoms with Gasteiger partial charge in [0.25, 0.3) is 5.91 Å². The lowest BCUT2D eigenvalue weighted by molar-refractivity contribution is -0.117. The molecule has 186 valence electrons. The van der Waals surface area contributed by atoms with Gasteiger partial charge < -0.3 is 5.32 Å². The van der Waals surface area contributed by atoms with Crippen LogP contribution >= 0.6 is 58.1 Å². The summed E-state index contributed by atoms with van der Waals surface area (Å²) in [4.78, 5) is 38.7. The lowest BCUT2D eigenvalue weighted by Crippen LogP contribution is -2.42. The van der Waals surface area contributed by atoms with Crippen molar-refractivity contribution in [1.29, 1.82) is 0 Å². The van der Waals surface area contributed by atoms with Gasteiger partial charge in [0.05, 0.1) is 25.7 Å². The van der Waals surface area contributed by atoms with Gasteiger partial charge in [-0.15, -0.1) is 11.3 Å². The minimum atomic E-state index is -0.500. The second-order valence-corrected chi connectivity index (χ2v) is 10.1. The van der Waals surface area contributed by atoms with Crippen molar-refractivity contribution >= 4 is 87.3 Å². The number of nitrogens with zero attached hydrogens (tertiary/aromatic N) is 1. The van der Waals surface area contributed by atoms with Crippen LogP contribution in [-0.2, 0) is 11.2 Å². The first-order chi connectivity index (χ1) is 16.8. The second kappa shape index (κ2) is 13.8. The molecule has 1 aliphatic heterocycles. The molecule has 0 fully saturated rings. The molecule has 1 aliphatic rings. The summed E-state index contributed by atoms with van der Waals surface area (Å²) in [5.41, 5.74) is 1.61. The maximum Gasteiger partial charge on any atom is 0.329 e. The number of carbonyl (C=O) groups is 3. The molecular formula is C24H24Cl3N3O3S2. The Balaban J connectivity index is 0.00000103. The zero-order valence-electron chi connectivity index (χ0n) is 19.4. The summed E-state index contributed by atoms with van der Waals surface area (Å²) >= 11 is 20.7. The Bertz CT molecular complexity index is 1220. The second-order valence-electron chi connectivity index (χ2n) is 6.40. The van der Waals surface area contributed by atoms with Gasteiger partial charge in [-0.05, 0) is 60.0 Å². The molecule has 0 bridgehead atoms. The fourth-order valence-corrected chi connectivity index (χ4v) is 5.29. The van der Waals surface area contributed by atoms with Gasteiger partial charge in [0.15, 0.2) is 0 Å². The Morgan fingerprint density at radius 1 is 0.971 bits per heavy atom. The van der Waals surface area contributed by atoms with Crippen molar-refractivity contribution < 1.29 is 14.4 Å². The van der Waals surface area contributed by atoms with Gasteiger partial charge in [-0.3, -0.25) is 14.3 Å². The average Bonchev–Trinajstić information content (AvgIpc) is 3.27. The minimum absolute atomic E-state index is 0.0565. The lowest BCUT2D eigenvalue weighted by atomic mass is 9.98. The maximum absolute atomic E-state index is 12.9. The summed E-state index contributed by atoms with van der Waals surface area (Å²) in [5.74, 6) is -0.897. The molecule has 0 saturated heterocycles. The standard InChI is InChI=1S/C20H12Cl3N3O3S2.2C2H6/c21-11-2-1-10-7-17(27)26(19(28)13(10)8-11)15-4-3-12(9-14(15)22)24-20(29)25-31-18-6-5-16(23)30-18;2*1-2/h1-6,8-9H,7H2,(H2,24,25,29);2*1-2H3. The third-order valence-electron chi connectivity index (χ3n) is 4.34. The molecule has 2 heterocycles. The molecule has 0 radical (unpaired) electrons. The van der Waals surface area contributed by atoms with E-state index in [9.17, 15) is 14.4 Å². The number of amides is 4. The summed E-state index contributed by atoms with van der Waals surface area (Å²) in [7, 11) is 0. The van der Waals surface area contributed by atoms with Crippen LogP contribution < -0.4 is 14.9 Å². The van der Waals surface area contributed by atoms with Crippen LogP contribution in [0.4, 0.5) is 16.2 Å². The number of halogens is 3. The molecule has 2 aromatic carbocycles. The van der Waals surface area contributed by atoms with E-state index >= 15 is 0 Å². The number of anilines is 2. The zero-order valence-corrected chi connectivity index (χ0v) is 23.3. The number of hydrogen-bond acceptors (Lipinski definition) is 5. The highest BCUT2D eigenvalue weighted by molar-refractivity contribution is 7.99. The summed E-state index contributed by atoms with van der Waals surface area (Å²) in [6.45, 7) is 8.00. The molecule has 6 nitrogen and oxygen atoms in total. The first kappa shape index (κ1) is 29.0. The SMILES string of the molecule is CC.CC.O=C(NSc1ccc(Cl)s1)Nc1ccc(N2C(=O)Cc3ccc(Cl)cc3C2=O)c(Cl)c1. The fraction of sp³-hybridized carbons (Fsp3) is 0.208. The molecule has 0 saturated carbocycles. The molecular weight excluding hydrogens is 549 g/mol. The van der Waals surface area contributed by atoms with Crippen LogP contribution in [0.1, 0.15) is 43.6 Å². The Labute approximate surface area is 228 Å². The van der Waals surface area contributed by atoms with Crippen LogP contribution in [0.2, 0.25) is 14.4 Å². The third-order valence-corrected chi connectivity index (χ3v) is 7.02. The number of fused-ring (bicyclic) bond motifs is 1. The number of urea groups is 1. The Morgan fingerprint density at radius 2 is 1.69 bits per heavy atom. The van der Waals surface area contributed by atoms with Crippen LogP contribution in [0.5, 0.6) is 0 Å². The van der Waals surface area contributed by atoms with Crippen LogP contribution in [-0.4, -0.2) is 17.8 Å². The molecule has 4 rings (SSSR count). The lowest BCUT2D eigenvalue weighted by Gasteiger charge is -2.27. The van der Waals surface area contributed by atoms with Crippen molar-refractivity contribution in [1.82, 2.24) is 4.72 Å². The monoisotopic (exact) mass is 571 g/mol. The maximum atomic E-state index is 12.9. The van der Waals surface area contributed by atoms with Crippen molar-refractivity contribution in [3.63, 3.8) is 0 Å². The largest absolute Gasteiger partial charge is 0.329 e. The molecule has 0 unspecified atom stereocenters. The summed E-state index contributed by atoms with van der Waals surface area (Å²) in [5, 5.41) is 3.19. The van der Waals surface area contributed by atoms with Gasteiger partial charge in [-0.25, -0.2) is 9.69 Å². The van der Waals surface area contributed by atoms with Gasteiger partial charge in [0.2, 0.25) is 5.91 Å². The highest BCUT2D eigenvalue weighted by atomic mass is 35.5. The quantitative estimate of drug-likeness (QED) is 0.243. The topological polar surface area (TPSA) is 78.5 Å². The normalized spacial score (nSPS) is 12.0. The van der Waals surface area contributed by atoms with Crippen molar-refractivity contribution in [2.45, 2.75) is 38.3 Å². The van der Waals surface area contributed by atoms with Gasteiger partial charge >= 0.3 is 6.03 Å². The highest BCUT2D eigenvalue weighted by Gasteiger charge is 2.33. The molecule has 2 N–H and O–H groups in total. The first-order valence-electron chi connectivity index (χ1n) is 10.8. The number of benzene rings is 2. The molecule has 1 aromatic heterocycles. The molecule has 4 amide bonds. The first-order valence-corrected chi connectivity index (χ1v) is 13.5. The predicted octanol–water partition coefficient (Wildman–Crippen LogP) is 8.32. The van der Waals surface area contributed by atoms with Crippen LogP contribution in [0.25, 0.3) is 0 Å². The molecule has 0 spiro atoms. The van der Waals surface area contributed by atoms with Crippen molar-refractivity contribution in [3.05, 3.63) is 74.0 Å². The Morgan fingerprint density at radius 3 is 2.31 bits per heavy atom. The number of imide groups is 1. The molecule has 35 heavy (non-hydrogen) atoms. The van der Waals surface area contributed by atoms with Crippen molar-refractivity contribution in [2.24, 2.45) is 0 Å². The summed E-state index contributed by atoms with van der Waals surface area (Å²) in [6, 6.07) is 12.4. The van der Waals surface area contributed by atoms with E-state index in [4.69, 9.17) is 34.8 Å². The van der Waals surface area contributed by atoms with E-state index in [0.29, 0.717) is 26.2 Å². The number of thiophene rings is 1. The van der Waals surface area contributed by atoms with E-state index < -0.39 is 17.8 Å². The van der Waals surface area contributed by atoms with E-state index in [-0.39, 0.29) is 17.1 Å². The Hall–Kier alpha value is -2.23. The van der Waals surface area contributed by atoms with E-state index in [1.54, 1.807) is 30.3 Å².